The zero-order valence-corrected chi connectivity index (χ0v) is 20.0. The van der Waals surface area contributed by atoms with E-state index < -0.39 is 5.60 Å². The van der Waals surface area contributed by atoms with E-state index in [1.165, 1.54) is 11.1 Å². The maximum Gasteiger partial charge on any atom is 0.495 e. The van der Waals surface area contributed by atoms with E-state index in [9.17, 15) is 4.79 Å². The van der Waals surface area contributed by atoms with Crippen molar-refractivity contribution in [3.05, 3.63) is 29.3 Å². The minimum atomic E-state index is -0.458. The molecule has 6 heteroatoms. The van der Waals surface area contributed by atoms with E-state index in [1.54, 1.807) is 0 Å². The van der Waals surface area contributed by atoms with Gasteiger partial charge >= 0.3 is 13.2 Å². The van der Waals surface area contributed by atoms with Gasteiger partial charge in [0.15, 0.2) is 0 Å². The Balaban J connectivity index is 1.76. The Labute approximate surface area is 182 Å². The Bertz CT molecular complexity index is 760. The highest BCUT2D eigenvalue weighted by molar-refractivity contribution is 6.62. The topological polar surface area (TPSA) is 48.0 Å². The van der Waals surface area contributed by atoms with Crippen LogP contribution in [0.25, 0.3) is 0 Å². The van der Waals surface area contributed by atoms with E-state index in [1.807, 2.05) is 25.7 Å². The van der Waals surface area contributed by atoms with Crippen molar-refractivity contribution in [1.82, 2.24) is 4.90 Å². The van der Waals surface area contributed by atoms with Crippen LogP contribution in [0.1, 0.15) is 85.3 Å². The van der Waals surface area contributed by atoms with Gasteiger partial charge in [0.2, 0.25) is 0 Å². The number of hydrogen-bond acceptors (Lipinski definition) is 4. The zero-order chi connectivity index (χ0) is 22.3. The molecule has 0 N–H and O–H groups in total. The Morgan fingerprint density at radius 2 is 1.70 bits per heavy atom. The second-order valence-corrected chi connectivity index (χ2v) is 10.6. The van der Waals surface area contributed by atoms with Crippen LogP contribution in [-0.2, 0) is 20.5 Å². The number of carbonyl (C=O) groups excluding carboxylic acids is 1. The number of ether oxygens (including phenoxy) is 1. The lowest BCUT2D eigenvalue weighted by atomic mass is 9.71. The van der Waals surface area contributed by atoms with Crippen LogP contribution >= 0.6 is 0 Å². The fraction of sp³-hybridized carbons (Fsp3) is 0.708. The Morgan fingerprint density at radius 1 is 1.13 bits per heavy atom. The number of nitrogens with zero attached hydrogens (tertiary/aromatic N) is 1. The smallest absolute Gasteiger partial charge is 0.444 e. The maximum absolute atomic E-state index is 12.4. The third kappa shape index (κ3) is 4.70. The summed E-state index contributed by atoms with van der Waals surface area (Å²) >= 11 is 0. The van der Waals surface area contributed by atoms with Gasteiger partial charge < -0.3 is 18.9 Å². The number of piperidine rings is 1. The molecule has 2 heterocycles. The molecule has 0 atom stereocenters. The average molecular weight is 415 g/mol. The lowest BCUT2D eigenvalue weighted by Gasteiger charge is -2.34. The van der Waals surface area contributed by atoms with Crippen molar-refractivity contribution < 1.29 is 18.8 Å². The average Bonchev–Trinajstić information content (AvgIpc) is 2.87. The summed E-state index contributed by atoms with van der Waals surface area (Å²) in [6, 6.07) is 6.50. The number of amides is 1. The molecule has 2 aliphatic rings. The second-order valence-electron chi connectivity index (χ2n) is 10.6. The third-order valence-corrected chi connectivity index (χ3v) is 6.70. The van der Waals surface area contributed by atoms with Crippen molar-refractivity contribution in [3.63, 3.8) is 0 Å². The van der Waals surface area contributed by atoms with Crippen molar-refractivity contribution in [1.29, 1.82) is 0 Å². The first kappa shape index (κ1) is 23.1. The predicted octanol–water partition coefficient (Wildman–Crippen LogP) is 4.66. The molecule has 30 heavy (non-hydrogen) atoms. The summed E-state index contributed by atoms with van der Waals surface area (Å²) in [5.41, 5.74) is 2.68. The maximum atomic E-state index is 12.4. The van der Waals surface area contributed by atoms with Gasteiger partial charge in [0.05, 0.1) is 11.2 Å². The molecule has 1 aromatic carbocycles. The van der Waals surface area contributed by atoms with Crippen LogP contribution in [-0.4, -0.2) is 48.0 Å². The minimum absolute atomic E-state index is 0.206. The number of carbonyl (C=O) groups is 1. The van der Waals surface area contributed by atoms with E-state index in [0.717, 1.165) is 37.8 Å². The van der Waals surface area contributed by atoms with Crippen LogP contribution in [0.15, 0.2) is 18.2 Å². The van der Waals surface area contributed by atoms with Gasteiger partial charge in [0.1, 0.15) is 5.60 Å². The molecule has 2 fully saturated rings. The molecule has 166 valence electrons. The molecule has 2 saturated heterocycles. The summed E-state index contributed by atoms with van der Waals surface area (Å²) in [4.78, 5) is 14.2. The van der Waals surface area contributed by atoms with Gasteiger partial charge in [-0.3, -0.25) is 0 Å². The summed E-state index contributed by atoms with van der Waals surface area (Å²) in [5, 5.41) is 0. The Hall–Kier alpha value is -1.53. The van der Waals surface area contributed by atoms with Crippen LogP contribution in [0.2, 0.25) is 0 Å². The fourth-order valence-electron chi connectivity index (χ4n) is 4.30. The third-order valence-electron chi connectivity index (χ3n) is 6.70. The van der Waals surface area contributed by atoms with Crippen molar-refractivity contribution in [2.75, 3.05) is 13.1 Å². The van der Waals surface area contributed by atoms with E-state index in [0.29, 0.717) is 5.92 Å². The molecular weight excluding hydrogens is 377 g/mol. The van der Waals surface area contributed by atoms with E-state index in [2.05, 4.69) is 52.8 Å². The molecule has 0 bridgehead atoms. The standard InChI is InChI=1S/C24H38BNO4/c1-9-18-19(17-13-15-26(16-14-17)21(27)28-22(2,3)4)11-10-12-20(18)25-29-23(5,6)24(7,8)30-25/h10-12,17H,9,13-16H2,1-8H3. The molecule has 5 nitrogen and oxygen atoms in total. The van der Waals surface area contributed by atoms with Gasteiger partial charge in [-0.25, -0.2) is 4.79 Å². The van der Waals surface area contributed by atoms with Crippen LogP contribution in [0.5, 0.6) is 0 Å². The summed E-state index contributed by atoms with van der Waals surface area (Å²) in [6.45, 7) is 17.7. The van der Waals surface area contributed by atoms with Crippen LogP contribution in [0, 0.1) is 0 Å². The Kier molecular flexibility index (Phi) is 6.32. The quantitative estimate of drug-likeness (QED) is 0.674. The molecule has 0 aromatic heterocycles. The van der Waals surface area contributed by atoms with E-state index in [4.69, 9.17) is 14.0 Å². The van der Waals surface area contributed by atoms with E-state index >= 15 is 0 Å². The van der Waals surface area contributed by atoms with Crippen molar-refractivity contribution >= 4 is 18.7 Å². The first-order valence-electron chi connectivity index (χ1n) is 11.3. The predicted molar refractivity (Wildman–Crippen MR) is 121 cm³/mol. The number of rotatable bonds is 3. The molecule has 0 radical (unpaired) electrons. The van der Waals surface area contributed by atoms with Crippen LogP contribution in [0.3, 0.4) is 0 Å². The second kappa shape index (κ2) is 8.20. The van der Waals surface area contributed by atoms with Gasteiger partial charge in [-0.05, 0) is 90.2 Å². The highest BCUT2D eigenvalue weighted by Crippen LogP contribution is 2.38. The first-order chi connectivity index (χ1) is 13.8. The number of benzene rings is 1. The van der Waals surface area contributed by atoms with Gasteiger partial charge in [-0.2, -0.15) is 0 Å². The lowest BCUT2D eigenvalue weighted by Crippen LogP contribution is -2.42. The molecule has 0 spiro atoms. The van der Waals surface area contributed by atoms with Crippen molar-refractivity contribution in [2.45, 2.75) is 97.4 Å². The fourth-order valence-corrected chi connectivity index (χ4v) is 4.30. The SMILES string of the molecule is CCc1c(B2OC(C)(C)C(C)(C)O2)cccc1C1CCN(C(=O)OC(C)(C)C)CC1. The van der Waals surface area contributed by atoms with Gasteiger partial charge in [-0.15, -0.1) is 0 Å². The highest BCUT2D eigenvalue weighted by atomic mass is 16.7. The molecule has 0 saturated carbocycles. The number of hydrogen-bond donors (Lipinski definition) is 0. The van der Waals surface area contributed by atoms with Gasteiger partial charge in [-0.1, -0.05) is 25.1 Å². The lowest BCUT2D eigenvalue weighted by molar-refractivity contribution is 0.00578. The molecule has 1 amide bonds. The highest BCUT2D eigenvalue weighted by Gasteiger charge is 2.52. The summed E-state index contributed by atoms with van der Waals surface area (Å²) in [5.74, 6) is 0.431. The molecule has 0 unspecified atom stereocenters. The monoisotopic (exact) mass is 415 g/mol. The molecule has 1 aromatic rings. The summed E-state index contributed by atoms with van der Waals surface area (Å²) < 4.78 is 18.2. The van der Waals surface area contributed by atoms with Gasteiger partial charge in [0, 0.05) is 13.1 Å². The van der Waals surface area contributed by atoms with Crippen LogP contribution < -0.4 is 5.46 Å². The van der Waals surface area contributed by atoms with Crippen molar-refractivity contribution in [2.24, 2.45) is 0 Å². The molecule has 0 aliphatic carbocycles. The van der Waals surface area contributed by atoms with Crippen LogP contribution in [0.4, 0.5) is 4.79 Å². The zero-order valence-electron chi connectivity index (χ0n) is 20.0. The molecule has 3 rings (SSSR count). The molecular formula is C24H38BNO4. The molecule has 2 aliphatic heterocycles. The Morgan fingerprint density at radius 3 is 2.20 bits per heavy atom. The normalized spacial score (nSPS) is 21.7. The largest absolute Gasteiger partial charge is 0.495 e. The summed E-state index contributed by atoms with van der Waals surface area (Å²) in [6.07, 6.45) is 2.61. The minimum Gasteiger partial charge on any atom is -0.444 e. The van der Waals surface area contributed by atoms with Gasteiger partial charge in [0.25, 0.3) is 0 Å². The van der Waals surface area contributed by atoms with Crippen molar-refractivity contribution in [3.8, 4) is 0 Å². The van der Waals surface area contributed by atoms with E-state index in [-0.39, 0.29) is 24.4 Å². The summed E-state index contributed by atoms with van der Waals surface area (Å²) in [7, 11) is -0.341. The number of likely N-dealkylation sites (tertiary alicyclic amines) is 1. The first-order valence-corrected chi connectivity index (χ1v) is 11.3.